The highest BCUT2D eigenvalue weighted by Gasteiger charge is 2.11. The molecule has 0 aromatic heterocycles. The molecule has 0 fully saturated rings. The molecule has 5 nitrogen and oxygen atoms in total. The van der Waals surface area contributed by atoms with E-state index in [2.05, 4.69) is 15.6 Å². The highest BCUT2D eigenvalue weighted by atomic mass is 16.3. The molecule has 0 saturated heterocycles. The second-order valence-electron chi connectivity index (χ2n) is 3.40. The van der Waals surface area contributed by atoms with Gasteiger partial charge in [-0.3, -0.25) is 4.99 Å². The van der Waals surface area contributed by atoms with E-state index >= 15 is 0 Å². The van der Waals surface area contributed by atoms with Crippen molar-refractivity contribution in [1.29, 1.82) is 0 Å². The molecule has 0 aliphatic carbocycles. The van der Waals surface area contributed by atoms with E-state index in [1.165, 1.54) is 0 Å². The standard InChI is InChI=1S/C10H13N3O2/c14-8-3-1-2-7(4-8)13-10-11-5-9(15)6-12-10/h1-4,9,14-15H,5-6H2,(H2,11,12,13). The maximum Gasteiger partial charge on any atom is 0.195 e. The number of guanidine groups is 1. The van der Waals surface area contributed by atoms with Crippen LogP contribution in [0.2, 0.25) is 0 Å². The molecule has 2 rings (SSSR count). The Balaban J connectivity index is 2.03. The average molecular weight is 207 g/mol. The van der Waals surface area contributed by atoms with Gasteiger partial charge in [0.2, 0.25) is 0 Å². The molecule has 1 aliphatic heterocycles. The molecule has 0 saturated carbocycles. The first-order valence-electron chi connectivity index (χ1n) is 4.76. The molecule has 1 aromatic rings. The molecule has 1 heterocycles. The van der Waals surface area contributed by atoms with Crippen molar-refractivity contribution < 1.29 is 10.2 Å². The van der Waals surface area contributed by atoms with Crippen molar-refractivity contribution in [2.24, 2.45) is 4.99 Å². The summed E-state index contributed by atoms with van der Waals surface area (Å²) in [6.07, 6.45) is -0.417. The van der Waals surface area contributed by atoms with Crippen LogP contribution in [-0.2, 0) is 0 Å². The maximum atomic E-state index is 9.24. The van der Waals surface area contributed by atoms with Crippen molar-refractivity contribution >= 4 is 11.6 Å². The number of β-amino-alcohol motifs (C(OH)–C–C–N with tert-alkyl or cyclic N) is 1. The summed E-state index contributed by atoms with van der Waals surface area (Å²) >= 11 is 0. The van der Waals surface area contributed by atoms with Crippen LogP contribution < -0.4 is 10.6 Å². The number of phenolic OH excluding ortho intramolecular Hbond substituents is 1. The van der Waals surface area contributed by atoms with E-state index in [9.17, 15) is 10.2 Å². The molecular formula is C10H13N3O2. The van der Waals surface area contributed by atoms with Crippen LogP contribution in [0.4, 0.5) is 5.69 Å². The fraction of sp³-hybridized carbons (Fsp3) is 0.300. The highest BCUT2D eigenvalue weighted by Crippen LogP contribution is 2.15. The zero-order chi connectivity index (χ0) is 10.7. The Morgan fingerprint density at radius 1 is 1.47 bits per heavy atom. The van der Waals surface area contributed by atoms with Gasteiger partial charge in [0.25, 0.3) is 0 Å². The van der Waals surface area contributed by atoms with Crippen molar-refractivity contribution in [2.75, 3.05) is 18.4 Å². The number of hydrogen-bond donors (Lipinski definition) is 4. The van der Waals surface area contributed by atoms with E-state index in [0.717, 1.165) is 5.69 Å². The Bertz CT molecular complexity index is 379. The summed E-state index contributed by atoms with van der Waals surface area (Å²) < 4.78 is 0. The second kappa shape index (κ2) is 4.18. The normalized spacial score (nSPS) is 20.3. The summed E-state index contributed by atoms with van der Waals surface area (Å²) in [6.45, 7) is 0.888. The summed E-state index contributed by atoms with van der Waals surface area (Å²) in [6, 6.07) is 6.78. The number of phenols is 1. The largest absolute Gasteiger partial charge is 0.508 e. The predicted molar refractivity (Wildman–Crippen MR) is 58.0 cm³/mol. The molecule has 0 amide bonds. The molecule has 0 radical (unpaired) electrons. The lowest BCUT2D eigenvalue weighted by molar-refractivity contribution is 0.181. The van der Waals surface area contributed by atoms with Gasteiger partial charge in [-0.05, 0) is 12.1 Å². The lowest BCUT2D eigenvalue weighted by Gasteiger charge is -2.19. The van der Waals surface area contributed by atoms with E-state index in [4.69, 9.17) is 0 Å². The quantitative estimate of drug-likeness (QED) is 0.527. The van der Waals surface area contributed by atoms with Gasteiger partial charge in [-0.15, -0.1) is 0 Å². The van der Waals surface area contributed by atoms with Crippen LogP contribution in [0.15, 0.2) is 29.3 Å². The van der Waals surface area contributed by atoms with Gasteiger partial charge in [-0.1, -0.05) is 6.07 Å². The number of aliphatic hydroxyl groups excluding tert-OH is 1. The van der Waals surface area contributed by atoms with E-state index in [1.807, 2.05) is 6.07 Å². The number of anilines is 1. The minimum absolute atomic E-state index is 0.205. The van der Waals surface area contributed by atoms with Crippen LogP contribution in [0.1, 0.15) is 0 Å². The molecule has 0 spiro atoms. The van der Waals surface area contributed by atoms with Crippen LogP contribution in [0.5, 0.6) is 5.75 Å². The third kappa shape index (κ3) is 2.60. The number of nitrogens with zero attached hydrogens (tertiary/aromatic N) is 1. The predicted octanol–water partition coefficient (Wildman–Crippen LogP) is 0.124. The average Bonchev–Trinajstić information content (AvgIpc) is 2.22. The zero-order valence-corrected chi connectivity index (χ0v) is 8.14. The minimum atomic E-state index is -0.417. The van der Waals surface area contributed by atoms with Crippen molar-refractivity contribution in [1.82, 2.24) is 5.32 Å². The van der Waals surface area contributed by atoms with Crippen LogP contribution >= 0.6 is 0 Å². The van der Waals surface area contributed by atoms with Crippen LogP contribution in [0, 0.1) is 0 Å². The number of aromatic hydroxyl groups is 1. The van der Waals surface area contributed by atoms with Crippen LogP contribution in [-0.4, -0.2) is 35.4 Å². The van der Waals surface area contributed by atoms with Gasteiger partial charge < -0.3 is 20.8 Å². The zero-order valence-electron chi connectivity index (χ0n) is 8.14. The lowest BCUT2D eigenvalue weighted by Crippen LogP contribution is -2.42. The maximum absolute atomic E-state index is 9.24. The number of nitrogens with one attached hydrogen (secondary N) is 2. The van der Waals surface area contributed by atoms with E-state index in [0.29, 0.717) is 19.0 Å². The molecule has 1 unspecified atom stereocenters. The molecule has 80 valence electrons. The Labute approximate surface area is 87.5 Å². The summed E-state index contributed by atoms with van der Waals surface area (Å²) in [5.41, 5.74) is 0.762. The third-order valence-corrected chi connectivity index (χ3v) is 2.07. The minimum Gasteiger partial charge on any atom is -0.508 e. The summed E-state index contributed by atoms with van der Waals surface area (Å²) in [7, 11) is 0. The summed E-state index contributed by atoms with van der Waals surface area (Å²) in [4.78, 5) is 4.10. The number of aliphatic hydroxyl groups is 1. The van der Waals surface area contributed by atoms with Gasteiger partial charge in [0.1, 0.15) is 5.75 Å². The molecule has 1 aromatic carbocycles. The molecule has 1 atom stereocenters. The van der Waals surface area contributed by atoms with Crippen molar-refractivity contribution in [3.8, 4) is 5.75 Å². The number of benzene rings is 1. The van der Waals surface area contributed by atoms with E-state index in [1.54, 1.807) is 18.2 Å². The van der Waals surface area contributed by atoms with E-state index in [-0.39, 0.29) is 5.75 Å². The monoisotopic (exact) mass is 207 g/mol. The second-order valence-corrected chi connectivity index (χ2v) is 3.40. The van der Waals surface area contributed by atoms with Crippen molar-refractivity contribution in [3.63, 3.8) is 0 Å². The molecule has 5 heteroatoms. The molecule has 0 bridgehead atoms. The van der Waals surface area contributed by atoms with Gasteiger partial charge in [0.05, 0.1) is 12.6 Å². The Hall–Kier alpha value is -1.75. The van der Waals surface area contributed by atoms with Crippen LogP contribution in [0.25, 0.3) is 0 Å². The number of aliphatic imine (C=N–C) groups is 1. The molecular weight excluding hydrogens is 194 g/mol. The van der Waals surface area contributed by atoms with Gasteiger partial charge in [-0.2, -0.15) is 0 Å². The van der Waals surface area contributed by atoms with Gasteiger partial charge in [0, 0.05) is 18.3 Å². The highest BCUT2D eigenvalue weighted by molar-refractivity contribution is 5.94. The summed E-state index contributed by atoms with van der Waals surface area (Å²) in [5.74, 6) is 0.822. The number of rotatable bonds is 1. The van der Waals surface area contributed by atoms with Crippen molar-refractivity contribution in [2.45, 2.75) is 6.10 Å². The van der Waals surface area contributed by atoms with E-state index < -0.39 is 6.10 Å². The summed E-state index contributed by atoms with van der Waals surface area (Å²) in [5, 5.41) is 24.4. The third-order valence-electron chi connectivity index (χ3n) is 2.07. The first-order chi connectivity index (χ1) is 7.24. The fourth-order valence-corrected chi connectivity index (χ4v) is 1.34. The van der Waals surface area contributed by atoms with Gasteiger partial charge >= 0.3 is 0 Å². The molecule has 15 heavy (non-hydrogen) atoms. The van der Waals surface area contributed by atoms with Gasteiger partial charge in [-0.25, -0.2) is 0 Å². The van der Waals surface area contributed by atoms with Crippen LogP contribution in [0.3, 0.4) is 0 Å². The molecule has 4 N–H and O–H groups in total. The fourth-order valence-electron chi connectivity index (χ4n) is 1.34. The first-order valence-corrected chi connectivity index (χ1v) is 4.76. The SMILES string of the molecule is Oc1cccc(NC2=NCC(O)CN2)c1. The number of hydrogen-bond acceptors (Lipinski definition) is 5. The Morgan fingerprint density at radius 2 is 2.33 bits per heavy atom. The van der Waals surface area contributed by atoms with Gasteiger partial charge in [0.15, 0.2) is 5.96 Å². The Morgan fingerprint density at radius 3 is 3.00 bits per heavy atom. The first kappa shape index (κ1) is 9.79. The smallest absolute Gasteiger partial charge is 0.195 e. The Kier molecular flexibility index (Phi) is 2.73. The topological polar surface area (TPSA) is 76.9 Å². The van der Waals surface area contributed by atoms with Crippen molar-refractivity contribution in [3.05, 3.63) is 24.3 Å². The molecule has 1 aliphatic rings. The lowest BCUT2D eigenvalue weighted by atomic mass is 10.3.